The van der Waals surface area contributed by atoms with Crippen LogP contribution in [-0.2, 0) is 9.47 Å². The number of hydrogen-bond donors (Lipinski definition) is 1. The number of nitrogens with one attached hydrogen (secondary N) is 1. The Bertz CT molecular complexity index is 1900. The van der Waals surface area contributed by atoms with Crippen LogP contribution in [0.15, 0.2) is 59.1 Å². The molecule has 48 heavy (non-hydrogen) atoms. The molecular weight excluding hydrogens is 612 g/mol. The summed E-state index contributed by atoms with van der Waals surface area (Å²) in [5, 5.41) is 13.0. The number of benzene rings is 2. The van der Waals surface area contributed by atoms with E-state index in [-0.39, 0.29) is 36.0 Å². The highest BCUT2D eigenvalue weighted by Crippen LogP contribution is 2.46. The molecule has 11 nitrogen and oxygen atoms in total. The van der Waals surface area contributed by atoms with Gasteiger partial charge in [-0.3, -0.25) is 9.78 Å². The van der Waals surface area contributed by atoms with E-state index >= 15 is 0 Å². The van der Waals surface area contributed by atoms with Crippen molar-refractivity contribution in [2.24, 2.45) is 11.8 Å². The van der Waals surface area contributed by atoms with Gasteiger partial charge in [-0.1, -0.05) is 6.07 Å². The number of nitriles is 1. The van der Waals surface area contributed by atoms with Crippen LogP contribution in [0.3, 0.4) is 0 Å². The number of likely N-dealkylation sites (tertiary alicyclic amines) is 1. The summed E-state index contributed by atoms with van der Waals surface area (Å²) in [7, 11) is 1.55. The van der Waals surface area contributed by atoms with E-state index in [1.165, 1.54) is 0 Å². The molecule has 3 fully saturated rings. The minimum atomic E-state index is -0.543. The predicted octanol–water partition coefficient (Wildman–Crippen LogP) is 6.19. The zero-order chi connectivity index (χ0) is 33.6. The summed E-state index contributed by atoms with van der Waals surface area (Å²) < 4.78 is 29.1. The van der Waals surface area contributed by atoms with Gasteiger partial charge in [-0.25, -0.2) is 4.79 Å². The van der Waals surface area contributed by atoms with E-state index in [4.69, 9.17) is 23.4 Å². The fourth-order valence-electron chi connectivity index (χ4n) is 6.65. The maximum atomic E-state index is 13.2. The lowest BCUT2D eigenvalue weighted by Gasteiger charge is -2.26. The number of rotatable bonds is 7. The van der Waals surface area contributed by atoms with Gasteiger partial charge in [-0.05, 0) is 62.7 Å². The number of carbonyl (C=O) groups is 2. The normalized spacial score (nSPS) is 20.6. The quantitative estimate of drug-likeness (QED) is 0.248. The molecule has 0 radical (unpaired) electrons. The first-order valence-electron chi connectivity index (χ1n) is 16.3. The maximum absolute atomic E-state index is 13.2. The van der Waals surface area contributed by atoms with Crippen molar-refractivity contribution in [2.75, 3.05) is 33.4 Å². The molecule has 2 unspecified atom stereocenters. The Balaban J connectivity index is 1.06. The van der Waals surface area contributed by atoms with Crippen molar-refractivity contribution in [3.05, 3.63) is 65.9 Å². The van der Waals surface area contributed by atoms with Crippen molar-refractivity contribution in [2.45, 2.75) is 51.4 Å². The Hall–Kier alpha value is -5.08. The summed E-state index contributed by atoms with van der Waals surface area (Å²) in [4.78, 5) is 31.9. The first kappa shape index (κ1) is 31.5. The molecule has 7 rings (SSSR count). The van der Waals surface area contributed by atoms with Crippen LogP contribution in [0.25, 0.3) is 33.6 Å². The second-order valence-electron chi connectivity index (χ2n) is 13.6. The molecule has 2 atom stereocenters. The molecule has 1 saturated carbocycles. The van der Waals surface area contributed by atoms with Crippen molar-refractivity contribution in [3.8, 4) is 40.0 Å². The van der Waals surface area contributed by atoms with Crippen LogP contribution < -0.4 is 14.8 Å². The number of furan rings is 1. The van der Waals surface area contributed by atoms with E-state index in [1.54, 1.807) is 36.4 Å². The van der Waals surface area contributed by atoms with Crippen LogP contribution in [0, 0.1) is 23.2 Å². The highest BCUT2D eigenvalue weighted by atomic mass is 16.6. The molecule has 1 aliphatic carbocycles. The smallest absolute Gasteiger partial charge is 0.410 e. The Labute approximate surface area is 278 Å². The Morgan fingerprint density at radius 3 is 2.48 bits per heavy atom. The van der Waals surface area contributed by atoms with Gasteiger partial charge in [0, 0.05) is 67.2 Å². The number of pyridine rings is 1. The van der Waals surface area contributed by atoms with E-state index in [2.05, 4.69) is 16.4 Å². The fraction of sp³-hybridized carbons (Fsp3) is 0.405. The number of hydrogen-bond acceptors (Lipinski definition) is 9. The predicted molar refractivity (Wildman–Crippen MR) is 177 cm³/mol. The number of nitrogens with zero attached hydrogens (tertiary/aromatic N) is 3. The maximum Gasteiger partial charge on any atom is 0.410 e. The van der Waals surface area contributed by atoms with Crippen LogP contribution in [0.4, 0.5) is 4.79 Å². The standard InChI is InChI=1S/C37H38N4O7/c1-37(2,3)48-36(43)41-19-27-28(20-41)33(27)40-35(42)22-5-7-26(31(16-22)44-4)32-17-29-34(47-32)25(9-12-39-29)21-6-8-30(23(15-21)18-38)46-24-10-13-45-14-11-24/h5-9,12,15-17,24,27-28,33H,10-11,13-14,19-20H2,1-4H3,(H,40,42). The molecule has 0 spiro atoms. The Morgan fingerprint density at radius 1 is 1.00 bits per heavy atom. The number of carbonyl (C=O) groups excluding carboxylic acids is 2. The molecule has 248 valence electrons. The third kappa shape index (κ3) is 6.28. The number of fused-ring (bicyclic) bond motifs is 2. The summed E-state index contributed by atoms with van der Waals surface area (Å²) >= 11 is 0. The summed E-state index contributed by atoms with van der Waals surface area (Å²) in [6.45, 7) is 8.00. The topological polar surface area (TPSA) is 136 Å². The molecule has 2 amide bonds. The monoisotopic (exact) mass is 650 g/mol. The number of piperidine rings is 1. The largest absolute Gasteiger partial charge is 0.496 e. The van der Waals surface area contributed by atoms with E-state index in [1.807, 2.05) is 51.1 Å². The van der Waals surface area contributed by atoms with Crippen molar-refractivity contribution >= 4 is 23.1 Å². The minimum absolute atomic E-state index is 0.0192. The van der Waals surface area contributed by atoms with Crippen molar-refractivity contribution < 1.29 is 33.0 Å². The van der Waals surface area contributed by atoms with Crippen LogP contribution in [0.5, 0.6) is 11.5 Å². The Kier molecular flexibility index (Phi) is 8.21. The number of amides is 2. The van der Waals surface area contributed by atoms with E-state index < -0.39 is 5.60 Å². The average molecular weight is 651 g/mol. The van der Waals surface area contributed by atoms with Crippen molar-refractivity contribution in [1.82, 2.24) is 15.2 Å². The summed E-state index contributed by atoms with van der Waals surface area (Å²) in [5.41, 5.74) is 3.85. The lowest BCUT2D eigenvalue weighted by atomic mass is 10.0. The fourth-order valence-corrected chi connectivity index (χ4v) is 6.65. The summed E-state index contributed by atoms with van der Waals surface area (Å²) in [6.07, 6.45) is 3.00. The van der Waals surface area contributed by atoms with Crippen LogP contribution in [-0.4, -0.2) is 73.0 Å². The van der Waals surface area contributed by atoms with E-state index in [0.717, 1.165) is 24.0 Å². The molecular formula is C37H38N4O7. The highest BCUT2D eigenvalue weighted by molar-refractivity contribution is 5.97. The van der Waals surface area contributed by atoms with Crippen LogP contribution >= 0.6 is 0 Å². The molecule has 0 bridgehead atoms. The lowest BCUT2D eigenvalue weighted by molar-refractivity contribution is 0.0253. The number of aromatic nitrogens is 1. The third-order valence-electron chi connectivity index (χ3n) is 9.16. The SMILES string of the molecule is COc1cc(C(=O)NC2C3CN(C(=O)OC(C)(C)C)CC32)ccc1-c1cc2nccc(-c3ccc(OC4CCOCC4)c(C#N)c3)c2o1. The first-order valence-corrected chi connectivity index (χ1v) is 16.3. The molecule has 11 heteroatoms. The molecule has 2 aromatic carbocycles. The average Bonchev–Trinajstić information content (AvgIpc) is 3.39. The van der Waals surface area contributed by atoms with Gasteiger partial charge in [0.05, 0.1) is 31.5 Å². The van der Waals surface area contributed by atoms with Gasteiger partial charge >= 0.3 is 6.09 Å². The molecule has 4 heterocycles. The van der Waals surface area contributed by atoms with Gasteiger partial charge in [0.15, 0.2) is 5.58 Å². The highest BCUT2D eigenvalue weighted by Gasteiger charge is 2.58. The second-order valence-corrected chi connectivity index (χ2v) is 13.6. The van der Waals surface area contributed by atoms with E-state index in [0.29, 0.717) is 71.4 Å². The van der Waals surface area contributed by atoms with Crippen molar-refractivity contribution in [3.63, 3.8) is 0 Å². The molecule has 1 N–H and O–H groups in total. The summed E-state index contributed by atoms with van der Waals surface area (Å²) in [5.74, 6) is 1.82. The molecule has 2 saturated heterocycles. The third-order valence-corrected chi connectivity index (χ3v) is 9.16. The Morgan fingerprint density at radius 2 is 1.77 bits per heavy atom. The van der Waals surface area contributed by atoms with Crippen molar-refractivity contribution in [1.29, 1.82) is 5.26 Å². The minimum Gasteiger partial charge on any atom is -0.496 e. The zero-order valence-electron chi connectivity index (χ0n) is 27.4. The molecule has 4 aromatic rings. The zero-order valence-corrected chi connectivity index (χ0v) is 27.4. The molecule has 2 aromatic heterocycles. The molecule has 3 aliphatic rings. The number of ether oxygens (including phenoxy) is 4. The first-order chi connectivity index (χ1) is 23.1. The van der Waals surface area contributed by atoms with Gasteiger partial charge in [0.1, 0.15) is 40.6 Å². The van der Waals surface area contributed by atoms with Gasteiger partial charge in [-0.15, -0.1) is 0 Å². The second kappa shape index (κ2) is 12.5. The van der Waals surface area contributed by atoms with E-state index in [9.17, 15) is 14.9 Å². The van der Waals surface area contributed by atoms with Crippen LogP contribution in [0.1, 0.15) is 49.5 Å². The lowest BCUT2D eigenvalue weighted by Crippen LogP contribution is -2.40. The number of methoxy groups -OCH3 is 1. The summed E-state index contributed by atoms with van der Waals surface area (Å²) in [6, 6.07) is 16.8. The van der Waals surface area contributed by atoms with Gasteiger partial charge in [0.2, 0.25) is 0 Å². The van der Waals surface area contributed by atoms with Gasteiger partial charge in [0.25, 0.3) is 5.91 Å². The van der Waals surface area contributed by atoms with Gasteiger partial charge < -0.3 is 33.6 Å². The molecule has 2 aliphatic heterocycles. The van der Waals surface area contributed by atoms with Gasteiger partial charge in [-0.2, -0.15) is 5.26 Å². The van der Waals surface area contributed by atoms with Crippen LogP contribution in [0.2, 0.25) is 0 Å².